The third-order valence-electron chi connectivity index (χ3n) is 3.35. The number of hydrogen-bond donors (Lipinski definition) is 2. The molecule has 1 heterocycles. The molecule has 0 aliphatic rings. The lowest BCUT2D eigenvalue weighted by atomic mass is 9.94. The van der Waals surface area contributed by atoms with E-state index >= 15 is 0 Å². The lowest BCUT2D eigenvalue weighted by Crippen LogP contribution is -2.29. The highest BCUT2D eigenvalue weighted by Crippen LogP contribution is 2.26. The molecule has 1 aromatic carbocycles. The van der Waals surface area contributed by atoms with E-state index in [9.17, 15) is 0 Å². The summed E-state index contributed by atoms with van der Waals surface area (Å²) < 4.78 is 5.71. The van der Waals surface area contributed by atoms with Crippen LogP contribution < -0.4 is 16.0 Å². The largest absolute Gasteiger partial charge is 0.489 e. The highest BCUT2D eigenvalue weighted by molar-refractivity contribution is 5.38. The highest BCUT2D eigenvalue weighted by Gasteiger charge is 2.16. The van der Waals surface area contributed by atoms with Crippen molar-refractivity contribution in [1.82, 2.24) is 10.4 Å². The molecule has 0 aliphatic heterocycles. The van der Waals surface area contributed by atoms with Crippen molar-refractivity contribution < 1.29 is 4.74 Å². The Labute approximate surface area is 126 Å². The van der Waals surface area contributed by atoms with Crippen LogP contribution in [0.5, 0.6) is 5.75 Å². The fourth-order valence-corrected chi connectivity index (χ4v) is 2.43. The van der Waals surface area contributed by atoms with Crippen molar-refractivity contribution in [2.75, 3.05) is 0 Å². The van der Waals surface area contributed by atoms with Crippen molar-refractivity contribution in [1.29, 1.82) is 0 Å². The molecule has 0 amide bonds. The van der Waals surface area contributed by atoms with Crippen LogP contribution in [0, 0.1) is 0 Å². The van der Waals surface area contributed by atoms with Gasteiger partial charge in [0.25, 0.3) is 0 Å². The molecular formula is C17H23N3O. The maximum absolute atomic E-state index is 5.79. The summed E-state index contributed by atoms with van der Waals surface area (Å²) in [4.78, 5) is 4.27. The molecule has 0 radical (unpaired) electrons. The van der Waals surface area contributed by atoms with E-state index in [1.165, 1.54) is 11.1 Å². The molecule has 0 saturated heterocycles. The Morgan fingerprint density at radius 2 is 2.00 bits per heavy atom. The summed E-state index contributed by atoms with van der Waals surface area (Å²) in [5.41, 5.74) is 6.34. The minimum atomic E-state index is -0.0932. The fourth-order valence-electron chi connectivity index (χ4n) is 2.43. The van der Waals surface area contributed by atoms with Crippen LogP contribution in [0.2, 0.25) is 0 Å². The molecule has 1 atom stereocenters. The molecular weight excluding hydrogens is 262 g/mol. The van der Waals surface area contributed by atoms with Gasteiger partial charge in [0.2, 0.25) is 0 Å². The van der Waals surface area contributed by atoms with Gasteiger partial charge in [0, 0.05) is 6.20 Å². The average molecular weight is 285 g/mol. The van der Waals surface area contributed by atoms with Crippen molar-refractivity contribution in [3.05, 3.63) is 59.4 Å². The van der Waals surface area contributed by atoms with Crippen molar-refractivity contribution >= 4 is 0 Å². The van der Waals surface area contributed by atoms with E-state index in [4.69, 9.17) is 10.6 Å². The lowest BCUT2D eigenvalue weighted by Gasteiger charge is -2.20. The monoisotopic (exact) mass is 285 g/mol. The van der Waals surface area contributed by atoms with Gasteiger partial charge in [0.05, 0.1) is 18.3 Å². The van der Waals surface area contributed by atoms with Gasteiger partial charge in [0.15, 0.2) is 0 Å². The number of nitrogens with two attached hydrogens (primary N) is 1. The van der Waals surface area contributed by atoms with Crippen LogP contribution in [0.1, 0.15) is 43.5 Å². The van der Waals surface area contributed by atoms with Gasteiger partial charge in [-0.05, 0) is 43.0 Å². The molecule has 0 fully saturated rings. The third kappa shape index (κ3) is 3.80. The Hall–Kier alpha value is -1.91. The Balaban J connectivity index is 2.37. The molecule has 1 unspecified atom stereocenters. The SMILES string of the molecule is CCc1ccccc1C(NN)c1cncc(OC(C)C)c1. The van der Waals surface area contributed by atoms with Crippen LogP contribution in [0.25, 0.3) is 0 Å². The van der Waals surface area contributed by atoms with Gasteiger partial charge in [-0.2, -0.15) is 0 Å². The van der Waals surface area contributed by atoms with E-state index in [-0.39, 0.29) is 12.1 Å². The number of rotatable bonds is 6. The van der Waals surface area contributed by atoms with Crippen molar-refractivity contribution in [3.8, 4) is 5.75 Å². The Bertz CT molecular complexity index is 584. The van der Waals surface area contributed by atoms with Crippen LogP contribution in [0.3, 0.4) is 0 Å². The van der Waals surface area contributed by atoms with E-state index in [2.05, 4.69) is 29.5 Å². The molecule has 3 N–H and O–H groups in total. The van der Waals surface area contributed by atoms with Crippen LogP contribution >= 0.6 is 0 Å². The molecule has 112 valence electrons. The summed E-state index contributed by atoms with van der Waals surface area (Å²) in [6.07, 6.45) is 4.63. The van der Waals surface area contributed by atoms with Crippen LogP contribution in [-0.4, -0.2) is 11.1 Å². The van der Waals surface area contributed by atoms with Gasteiger partial charge in [-0.25, -0.2) is 5.43 Å². The number of nitrogens with one attached hydrogen (secondary N) is 1. The van der Waals surface area contributed by atoms with Gasteiger partial charge in [-0.1, -0.05) is 31.2 Å². The topological polar surface area (TPSA) is 60.2 Å². The van der Waals surface area contributed by atoms with Crippen molar-refractivity contribution in [3.63, 3.8) is 0 Å². The zero-order valence-electron chi connectivity index (χ0n) is 12.8. The van der Waals surface area contributed by atoms with E-state index < -0.39 is 0 Å². The number of hydrazine groups is 1. The summed E-state index contributed by atoms with van der Waals surface area (Å²) >= 11 is 0. The number of aryl methyl sites for hydroxylation is 1. The molecule has 1 aromatic heterocycles. The number of aromatic nitrogens is 1. The fraction of sp³-hybridized carbons (Fsp3) is 0.353. The zero-order valence-corrected chi connectivity index (χ0v) is 12.8. The van der Waals surface area contributed by atoms with Crippen molar-refractivity contribution in [2.24, 2.45) is 5.84 Å². The smallest absolute Gasteiger partial charge is 0.138 e. The lowest BCUT2D eigenvalue weighted by molar-refractivity contribution is 0.241. The van der Waals surface area contributed by atoms with Crippen molar-refractivity contribution in [2.45, 2.75) is 39.3 Å². The van der Waals surface area contributed by atoms with E-state index in [1.807, 2.05) is 38.2 Å². The second-order valence-electron chi connectivity index (χ2n) is 5.27. The summed E-state index contributed by atoms with van der Waals surface area (Å²) in [7, 11) is 0. The van der Waals surface area contributed by atoms with Gasteiger partial charge in [-0.3, -0.25) is 10.8 Å². The number of ether oxygens (including phenoxy) is 1. The van der Waals surface area contributed by atoms with E-state index in [0.717, 1.165) is 17.7 Å². The Morgan fingerprint density at radius 3 is 2.67 bits per heavy atom. The molecule has 0 aliphatic carbocycles. The van der Waals surface area contributed by atoms with Crippen LogP contribution in [0.15, 0.2) is 42.7 Å². The number of pyridine rings is 1. The zero-order chi connectivity index (χ0) is 15.2. The Kier molecular flexibility index (Phi) is 5.31. The van der Waals surface area contributed by atoms with E-state index in [0.29, 0.717) is 0 Å². The van der Waals surface area contributed by atoms with Crippen LogP contribution in [-0.2, 0) is 6.42 Å². The molecule has 2 rings (SSSR count). The number of hydrogen-bond acceptors (Lipinski definition) is 4. The molecule has 4 nitrogen and oxygen atoms in total. The molecule has 4 heteroatoms. The molecule has 0 bridgehead atoms. The molecule has 0 saturated carbocycles. The van der Waals surface area contributed by atoms with Gasteiger partial charge in [0.1, 0.15) is 5.75 Å². The number of nitrogens with zero attached hydrogens (tertiary/aromatic N) is 1. The minimum Gasteiger partial charge on any atom is -0.489 e. The first-order chi connectivity index (χ1) is 10.2. The summed E-state index contributed by atoms with van der Waals surface area (Å²) in [5, 5.41) is 0. The number of benzene rings is 1. The second-order valence-corrected chi connectivity index (χ2v) is 5.27. The van der Waals surface area contributed by atoms with E-state index in [1.54, 1.807) is 6.20 Å². The third-order valence-corrected chi connectivity index (χ3v) is 3.35. The van der Waals surface area contributed by atoms with Gasteiger partial charge >= 0.3 is 0 Å². The summed E-state index contributed by atoms with van der Waals surface area (Å²) in [6.45, 7) is 6.14. The standard InChI is InChI=1S/C17H23N3O/c1-4-13-7-5-6-8-16(13)17(20-18)14-9-15(11-19-10-14)21-12(2)3/h5-12,17,20H,4,18H2,1-3H3. The van der Waals surface area contributed by atoms with Crippen LogP contribution in [0.4, 0.5) is 0 Å². The molecule has 2 aromatic rings. The highest BCUT2D eigenvalue weighted by atomic mass is 16.5. The summed E-state index contributed by atoms with van der Waals surface area (Å²) in [5.74, 6) is 6.55. The van der Waals surface area contributed by atoms with Gasteiger partial charge < -0.3 is 4.74 Å². The second kappa shape index (κ2) is 7.20. The maximum Gasteiger partial charge on any atom is 0.138 e. The minimum absolute atomic E-state index is 0.0932. The Morgan fingerprint density at radius 1 is 1.24 bits per heavy atom. The van der Waals surface area contributed by atoms with Gasteiger partial charge in [-0.15, -0.1) is 0 Å². The first-order valence-electron chi connectivity index (χ1n) is 7.31. The summed E-state index contributed by atoms with van der Waals surface area (Å²) in [6, 6.07) is 10.2. The maximum atomic E-state index is 5.79. The normalized spacial score (nSPS) is 12.4. The molecule has 21 heavy (non-hydrogen) atoms. The predicted octanol–water partition coefficient (Wildman–Crippen LogP) is 2.98. The first-order valence-corrected chi connectivity index (χ1v) is 7.31. The average Bonchev–Trinajstić information content (AvgIpc) is 2.48. The first kappa shape index (κ1) is 15.5. The quantitative estimate of drug-likeness (QED) is 0.633. The molecule has 0 spiro atoms. The predicted molar refractivity (Wildman–Crippen MR) is 85.0 cm³/mol.